The molecule has 0 heterocycles. The Morgan fingerprint density at radius 1 is 1.24 bits per heavy atom. The van der Waals surface area contributed by atoms with Crippen LogP contribution >= 0.6 is 0 Å². The van der Waals surface area contributed by atoms with E-state index in [-0.39, 0.29) is 12.4 Å². The highest BCUT2D eigenvalue weighted by Crippen LogP contribution is 2.29. The minimum atomic E-state index is -3.60. The normalized spacial score (nSPS) is 18.1. The Morgan fingerprint density at radius 3 is 2.52 bits per heavy atom. The third kappa shape index (κ3) is 4.03. The van der Waals surface area contributed by atoms with Gasteiger partial charge in [0.15, 0.2) is 0 Å². The maximum absolute atomic E-state index is 12.4. The van der Waals surface area contributed by atoms with E-state index in [1.807, 2.05) is 6.07 Å². The van der Waals surface area contributed by atoms with E-state index in [0.29, 0.717) is 24.0 Å². The summed E-state index contributed by atoms with van der Waals surface area (Å²) in [6.07, 6.45) is 4.21. The summed E-state index contributed by atoms with van der Waals surface area (Å²) >= 11 is 0. The lowest BCUT2D eigenvalue weighted by atomic mass is 9.83. The van der Waals surface area contributed by atoms with Crippen LogP contribution in [0.5, 0.6) is 0 Å². The fourth-order valence-corrected chi connectivity index (χ4v) is 4.51. The van der Waals surface area contributed by atoms with Gasteiger partial charge in [0.25, 0.3) is 0 Å². The van der Waals surface area contributed by atoms with E-state index in [9.17, 15) is 13.5 Å². The lowest BCUT2D eigenvalue weighted by Crippen LogP contribution is -2.52. The van der Waals surface area contributed by atoms with Gasteiger partial charge in [-0.2, -0.15) is 5.26 Å². The summed E-state index contributed by atoms with van der Waals surface area (Å²) in [6.45, 7) is -0.188. The van der Waals surface area contributed by atoms with Gasteiger partial charge in [-0.1, -0.05) is 37.5 Å². The average Bonchev–Trinajstić information content (AvgIpc) is 2.48. The van der Waals surface area contributed by atoms with Crippen LogP contribution in [-0.4, -0.2) is 25.7 Å². The average molecular weight is 308 g/mol. The molecule has 6 heteroatoms. The van der Waals surface area contributed by atoms with Crippen LogP contribution in [0.3, 0.4) is 0 Å². The Kier molecular flexibility index (Phi) is 4.99. The fourth-order valence-electron chi connectivity index (χ4n) is 2.85. The number of rotatable bonds is 5. The van der Waals surface area contributed by atoms with Crippen molar-refractivity contribution >= 4 is 10.0 Å². The predicted molar refractivity (Wildman–Crippen MR) is 79.8 cm³/mol. The number of aliphatic hydroxyl groups excluding tert-OH is 1. The highest BCUT2D eigenvalue weighted by atomic mass is 32.2. The molecule has 114 valence electrons. The minimum Gasteiger partial charge on any atom is -0.394 e. The molecule has 0 atom stereocenters. The molecule has 21 heavy (non-hydrogen) atoms. The largest absolute Gasteiger partial charge is 0.394 e. The molecule has 1 aliphatic carbocycles. The summed E-state index contributed by atoms with van der Waals surface area (Å²) in [5.74, 6) is -0.238. The standard InChI is InChI=1S/C15H20N2O3S/c16-10-13-6-2-3-7-14(13)11-21(19,20)17-15(12-18)8-4-1-5-9-15/h2-3,6-7,17-18H,1,4-5,8-9,11-12H2. The monoisotopic (exact) mass is 308 g/mol. The molecule has 0 aromatic heterocycles. The van der Waals surface area contributed by atoms with Crippen molar-refractivity contribution in [2.24, 2.45) is 0 Å². The zero-order valence-corrected chi connectivity index (χ0v) is 12.7. The summed E-state index contributed by atoms with van der Waals surface area (Å²) in [7, 11) is -3.60. The Bertz CT molecular complexity index is 629. The van der Waals surface area contributed by atoms with Crippen molar-refractivity contribution in [2.75, 3.05) is 6.61 Å². The van der Waals surface area contributed by atoms with Crippen molar-refractivity contribution < 1.29 is 13.5 Å². The molecule has 0 saturated heterocycles. The summed E-state index contributed by atoms with van der Waals surface area (Å²) in [5, 5.41) is 18.6. The molecule has 1 fully saturated rings. The first-order valence-electron chi connectivity index (χ1n) is 7.11. The minimum absolute atomic E-state index is 0.188. The van der Waals surface area contributed by atoms with Crippen LogP contribution in [0.15, 0.2) is 24.3 Å². The third-order valence-electron chi connectivity index (χ3n) is 3.97. The zero-order valence-electron chi connectivity index (χ0n) is 11.9. The molecule has 0 amide bonds. The van der Waals surface area contributed by atoms with Gasteiger partial charge in [0.05, 0.1) is 29.5 Å². The summed E-state index contributed by atoms with van der Waals surface area (Å²) in [4.78, 5) is 0. The maximum atomic E-state index is 12.4. The molecule has 0 unspecified atom stereocenters. The van der Waals surface area contributed by atoms with Crippen LogP contribution in [0, 0.1) is 11.3 Å². The first-order valence-corrected chi connectivity index (χ1v) is 8.76. The molecule has 1 aromatic rings. The van der Waals surface area contributed by atoms with Crippen molar-refractivity contribution in [1.82, 2.24) is 4.72 Å². The number of sulfonamides is 1. The van der Waals surface area contributed by atoms with Crippen molar-refractivity contribution in [2.45, 2.75) is 43.4 Å². The van der Waals surface area contributed by atoms with E-state index < -0.39 is 15.6 Å². The highest BCUT2D eigenvalue weighted by Gasteiger charge is 2.35. The SMILES string of the molecule is N#Cc1ccccc1CS(=O)(=O)NC1(CO)CCCCC1. The van der Waals surface area contributed by atoms with Gasteiger partial charge < -0.3 is 5.11 Å². The van der Waals surface area contributed by atoms with Gasteiger partial charge in [-0.25, -0.2) is 13.1 Å². The van der Waals surface area contributed by atoms with E-state index in [1.54, 1.807) is 24.3 Å². The number of benzene rings is 1. The molecule has 5 nitrogen and oxygen atoms in total. The molecule has 0 aliphatic heterocycles. The highest BCUT2D eigenvalue weighted by molar-refractivity contribution is 7.88. The molecule has 1 aromatic carbocycles. The van der Waals surface area contributed by atoms with E-state index in [4.69, 9.17) is 5.26 Å². The Hall–Kier alpha value is -1.42. The van der Waals surface area contributed by atoms with Crippen LogP contribution in [0.25, 0.3) is 0 Å². The number of aliphatic hydroxyl groups is 1. The van der Waals surface area contributed by atoms with Crippen molar-refractivity contribution in [3.63, 3.8) is 0 Å². The molecule has 1 aliphatic rings. The topological polar surface area (TPSA) is 90.2 Å². The van der Waals surface area contributed by atoms with Gasteiger partial charge in [0.2, 0.25) is 10.0 Å². The van der Waals surface area contributed by atoms with E-state index >= 15 is 0 Å². The first-order chi connectivity index (χ1) is 10.0. The second kappa shape index (κ2) is 6.56. The van der Waals surface area contributed by atoms with Crippen molar-refractivity contribution in [3.8, 4) is 6.07 Å². The van der Waals surface area contributed by atoms with Gasteiger partial charge in [-0.15, -0.1) is 0 Å². The predicted octanol–water partition coefficient (Wildman–Crippen LogP) is 1.67. The molecular formula is C15H20N2O3S. The summed E-state index contributed by atoms with van der Waals surface area (Å²) < 4.78 is 27.4. The molecule has 1 saturated carbocycles. The third-order valence-corrected chi connectivity index (χ3v) is 5.40. The smallest absolute Gasteiger partial charge is 0.216 e. The van der Waals surface area contributed by atoms with Crippen LogP contribution < -0.4 is 4.72 Å². The van der Waals surface area contributed by atoms with Crippen LogP contribution in [0.4, 0.5) is 0 Å². The number of hydrogen-bond acceptors (Lipinski definition) is 4. The molecule has 2 rings (SSSR count). The maximum Gasteiger partial charge on any atom is 0.216 e. The molecule has 0 spiro atoms. The van der Waals surface area contributed by atoms with Gasteiger partial charge in [-0.3, -0.25) is 0 Å². The quantitative estimate of drug-likeness (QED) is 0.866. The summed E-state index contributed by atoms with van der Waals surface area (Å²) in [5.41, 5.74) is 0.111. The molecule has 0 bridgehead atoms. The zero-order chi connectivity index (χ0) is 15.3. The lowest BCUT2D eigenvalue weighted by molar-refractivity contribution is 0.142. The summed E-state index contributed by atoms with van der Waals surface area (Å²) in [6, 6.07) is 8.67. The van der Waals surface area contributed by atoms with Gasteiger partial charge in [-0.05, 0) is 24.5 Å². The second-order valence-corrected chi connectivity index (χ2v) is 7.35. The van der Waals surface area contributed by atoms with Crippen LogP contribution in [0.2, 0.25) is 0 Å². The van der Waals surface area contributed by atoms with Gasteiger partial charge in [0, 0.05) is 0 Å². The molecule has 2 N–H and O–H groups in total. The number of nitriles is 1. The van der Waals surface area contributed by atoms with Crippen LogP contribution in [-0.2, 0) is 15.8 Å². The van der Waals surface area contributed by atoms with E-state index in [2.05, 4.69) is 4.72 Å². The number of hydrogen-bond donors (Lipinski definition) is 2. The molecule has 0 radical (unpaired) electrons. The van der Waals surface area contributed by atoms with Gasteiger partial charge in [0.1, 0.15) is 0 Å². The molecular weight excluding hydrogens is 288 g/mol. The Labute approximate surface area is 125 Å². The Morgan fingerprint density at radius 2 is 1.90 bits per heavy atom. The lowest BCUT2D eigenvalue weighted by Gasteiger charge is -2.36. The van der Waals surface area contributed by atoms with Crippen molar-refractivity contribution in [1.29, 1.82) is 5.26 Å². The Balaban J connectivity index is 2.17. The first kappa shape index (κ1) is 16.0. The van der Waals surface area contributed by atoms with Gasteiger partial charge >= 0.3 is 0 Å². The van der Waals surface area contributed by atoms with E-state index in [1.165, 1.54) is 0 Å². The second-order valence-electron chi connectivity index (χ2n) is 5.63. The fraction of sp³-hybridized carbons (Fsp3) is 0.533. The van der Waals surface area contributed by atoms with E-state index in [0.717, 1.165) is 19.3 Å². The number of nitrogens with one attached hydrogen (secondary N) is 1. The van der Waals surface area contributed by atoms with Crippen LogP contribution in [0.1, 0.15) is 43.2 Å². The van der Waals surface area contributed by atoms with Crippen molar-refractivity contribution in [3.05, 3.63) is 35.4 Å². The number of nitrogens with zero attached hydrogens (tertiary/aromatic N) is 1.